The Morgan fingerprint density at radius 2 is 1.86 bits per heavy atom. The van der Waals surface area contributed by atoms with Crippen molar-refractivity contribution in [2.75, 3.05) is 17.2 Å². The van der Waals surface area contributed by atoms with Gasteiger partial charge in [0, 0.05) is 29.7 Å². The summed E-state index contributed by atoms with van der Waals surface area (Å²) in [6.07, 6.45) is -0.325. The third kappa shape index (κ3) is 5.68. The maximum Gasteiger partial charge on any atom is 0.229 e. The fourth-order valence-electron chi connectivity index (χ4n) is 3.60. The fraction of sp³-hybridized carbons (Fsp3) is 0.261. The molecule has 0 atom stereocenters. The Balaban J connectivity index is 1.60. The Hall–Kier alpha value is -2.89. The van der Waals surface area contributed by atoms with Gasteiger partial charge in [0.25, 0.3) is 0 Å². The van der Waals surface area contributed by atoms with Gasteiger partial charge in [-0.3, -0.25) is 14.4 Å². The molecular formula is C23H21ClF2N4O3S2. The molecule has 0 spiro atoms. The van der Waals surface area contributed by atoms with E-state index >= 15 is 0 Å². The minimum Gasteiger partial charge on any atom is -0.286 e. The van der Waals surface area contributed by atoms with Crippen molar-refractivity contribution >= 4 is 54.0 Å². The summed E-state index contributed by atoms with van der Waals surface area (Å²) in [7, 11) is -3.75. The summed E-state index contributed by atoms with van der Waals surface area (Å²) in [6.45, 7) is 4.15. The molecule has 0 aliphatic heterocycles. The van der Waals surface area contributed by atoms with E-state index in [1.54, 1.807) is 4.68 Å². The van der Waals surface area contributed by atoms with E-state index < -0.39 is 33.1 Å². The second-order valence-corrected chi connectivity index (χ2v) is 11.5. The number of nitrogens with zero attached hydrogens (tertiary/aromatic N) is 4. The zero-order chi connectivity index (χ0) is 25.3. The topological polar surface area (TPSA) is 85.2 Å². The average Bonchev–Trinajstić information content (AvgIpc) is 3.35. The van der Waals surface area contributed by atoms with Crippen LogP contribution < -0.4 is 4.90 Å². The van der Waals surface area contributed by atoms with Crippen LogP contribution in [0.5, 0.6) is 0 Å². The number of hydrogen-bond donors (Lipinski definition) is 0. The van der Waals surface area contributed by atoms with E-state index in [9.17, 15) is 22.0 Å². The first-order chi connectivity index (χ1) is 16.5. The number of aromatic nitrogens is 3. The van der Waals surface area contributed by atoms with Gasteiger partial charge in [-0.1, -0.05) is 22.9 Å². The van der Waals surface area contributed by atoms with Crippen LogP contribution in [-0.4, -0.2) is 41.4 Å². The molecule has 0 aliphatic rings. The smallest absolute Gasteiger partial charge is 0.229 e. The van der Waals surface area contributed by atoms with Gasteiger partial charge in [0.15, 0.2) is 20.8 Å². The van der Waals surface area contributed by atoms with Gasteiger partial charge in [0.2, 0.25) is 5.91 Å². The van der Waals surface area contributed by atoms with Crippen LogP contribution in [0, 0.1) is 25.5 Å². The summed E-state index contributed by atoms with van der Waals surface area (Å²) in [4.78, 5) is 18.8. The number of carbonyl (C=O) groups excluding carboxylic acids is 1. The molecule has 4 aromatic rings. The number of rotatable bonds is 8. The van der Waals surface area contributed by atoms with E-state index in [0.29, 0.717) is 11.6 Å². The standard InChI is InChI=1S/C23H21ClF2N4O3S2/c1-14-11-15(2)30(28-14)9-8-29(23-27-22-19(26)12-17(25)13-20(22)34-23)21(31)7-10-35(32,33)18-5-3-16(24)4-6-18/h3-6,11-13H,7-10H2,1-2H3. The molecule has 2 aromatic carbocycles. The van der Waals surface area contributed by atoms with Gasteiger partial charge in [-0.25, -0.2) is 22.2 Å². The highest BCUT2D eigenvalue weighted by Gasteiger charge is 2.24. The molecule has 0 N–H and O–H groups in total. The predicted octanol–water partition coefficient (Wildman–Crippen LogP) is 4.94. The molecule has 4 rings (SSSR count). The molecule has 0 aliphatic carbocycles. The van der Waals surface area contributed by atoms with Crippen LogP contribution in [0.25, 0.3) is 10.2 Å². The van der Waals surface area contributed by atoms with E-state index in [2.05, 4.69) is 10.1 Å². The molecule has 0 radical (unpaired) electrons. The lowest BCUT2D eigenvalue weighted by molar-refractivity contribution is -0.118. The first-order valence-corrected chi connectivity index (χ1v) is 13.4. The van der Waals surface area contributed by atoms with Crippen molar-refractivity contribution < 1.29 is 22.0 Å². The number of anilines is 1. The van der Waals surface area contributed by atoms with Crippen LogP contribution in [0.2, 0.25) is 5.02 Å². The van der Waals surface area contributed by atoms with Crippen molar-refractivity contribution in [1.82, 2.24) is 14.8 Å². The zero-order valence-electron chi connectivity index (χ0n) is 18.8. The van der Waals surface area contributed by atoms with Crippen molar-refractivity contribution in [3.63, 3.8) is 0 Å². The molecule has 0 bridgehead atoms. The first kappa shape index (κ1) is 25.2. The summed E-state index contributed by atoms with van der Waals surface area (Å²) >= 11 is 6.79. The highest BCUT2D eigenvalue weighted by molar-refractivity contribution is 7.91. The van der Waals surface area contributed by atoms with E-state index in [-0.39, 0.29) is 33.2 Å². The molecule has 184 valence electrons. The number of amides is 1. The van der Waals surface area contributed by atoms with Crippen LogP contribution >= 0.6 is 22.9 Å². The molecule has 0 unspecified atom stereocenters. The number of sulfone groups is 1. The Morgan fingerprint density at radius 3 is 2.51 bits per heavy atom. The molecule has 0 saturated heterocycles. The summed E-state index contributed by atoms with van der Waals surface area (Å²) < 4.78 is 55.4. The molecule has 35 heavy (non-hydrogen) atoms. The quantitative estimate of drug-likeness (QED) is 0.317. The summed E-state index contributed by atoms with van der Waals surface area (Å²) in [5.41, 5.74) is 1.65. The van der Waals surface area contributed by atoms with Crippen LogP contribution in [0.15, 0.2) is 47.4 Å². The molecule has 1 amide bonds. The lowest BCUT2D eigenvalue weighted by Crippen LogP contribution is -2.35. The van der Waals surface area contributed by atoms with E-state index in [1.807, 2.05) is 19.9 Å². The van der Waals surface area contributed by atoms with Crippen LogP contribution in [-0.2, 0) is 21.2 Å². The number of fused-ring (bicyclic) bond motifs is 1. The molecule has 12 heteroatoms. The first-order valence-electron chi connectivity index (χ1n) is 10.6. The summed E-state index contributed by atoms with van der Waals surface area (Å²) in [6, 6.07) is 9.46. The summed E-state index contributed by atoms with van der Waals surface area (Å²) in [5, 5.41) is 4.93. The van der Waals surface area contributed by atoms with Crippen molar-refractivity contribution in [1.29, 1.82) is 0 Å². The van der Waals surface area contributed by atoms with Gasteiger partial charge < -0.3 is 0 Å². The number of hydrogen-bond acceptors (Lipinski definition) is 6. The van der Waals surface area contributed by atoms with E-state index in [0.717, 1.165) is 34.9 Å². The SMILES string of the molecule is Cc1cc(C)n(CCN(C(=O)CCS(=O)(=O)c2ccc(Cl)cc2)c2nc3c(F)cc(F)cc3s2)n1. The van der Waals surface area contributed by atoms with Crippen LogP contribution in [0.1, 0.15) is 17.8 Å². The van der Waals surface area contributed by atoms with Gasteiger partial charge >= 0.3 is 0 Å². The lowest BCUT2D eigenvalue weighted by Gasteiger charge is -2.20. The van der Waals surface area contributed by atoms with Gasteiger partial charge in [0.05, 0.1) is 27.6 Å². The Kier molecular flexibility index (Phi) is 7.20. The van der Waals surface area contributed by atoms with E-state index in [1.165, 1.54) is 29.2 Å². The van der Waals surface area contributed by atoms with Crippen molar-refractivity contribution in [3.8, 4) is 0 Å². The third-order valence-corrected chi connectivity index (χ3v) is 8.34. The molecule has 0 fully saturated rings. The van der Waals surface area contributed by atoms with Crippen molar-refractivity contribution in [2.45, 2.75) is 31.7 Å². The van der Waals surface area contributed by atoms with Gasteiger partial charge in [-0.05, 0) is 50.2 Å². The largest absolute Gasteiger partial charge is 0.286 e. The number of carbonyl (C=O) groups is 1. The van der Waals surface area contributed by atoms with Crippen molar-refractivity contribution in [3.05, 3.63) is 70.5 Å². The van der Waals surface area contributed by atoms with Crippen LogP contribution in [0.4, 0.5) is 13.9 Å². The van der Waals surface area contributed by atoms with Gasteiger partial charge in [-0.15, -0.1) is 0 Å². The molecular weight excluding hydrogens is 518 g/mol. The highest BCUT2D eigenvalue weighted by atomic mass is 35.5. The number of halogens is 3. The molecule has 7 nitrogen and oxygen atoms in total. The van der Waals surface area contributed by atoms with E-state index in [4.69, 9.17) is 11.6 Å². The molecule has 2 heterocycles. The maximum absolute atomic E-state index is 14.2. The van der Waals surface area contributed by atoms with Gasteiger partial charge in [-0.2, -0.15) is 5.10 Å². The predicted molar refractivity (Wildman–Crippen MR) is 132 cm³/mol. The van der Waals surface area contributed by atoms with Crippen LogP contribution in [0.3, 0.4) is 0 Å². The molecule has 2 aromatic heterocycles. The fourth-order valence-corrected chi connectivity index (χ4v) is 6.00. The third-order valence-electron chi connectivity index (χ3n) is 5.33. The monoisotopic (exact) mass is 538 g/mol. The normalized spacial score (nSPS) is 11.8. The Labute approximate surface area is 209 Å². The zero-order valence-corrected chi connectivity index (χ0v) is 21.2. The summed E-state index contributed by atoms with van der Waals surface area (Å²) in [5.74, 6) is -2.53. The molecule has 0 saturated carbocycles. The highest BCUT2D eigenvalue weighted by Crippen LogP contribution is 2.31. The lowest BCUT2D eigenvalue weighted by atomic mass is 10.3. The second-order valence-electron chi connectivity index (χ2n) is 7.95. The van der Waals surface area contributed by atoms with Crippen molar-refractivity contribution in [2.24, 2.45) is 0 Å². The Morgan fingerprint density at radius 1 is 1.14 bits per heavy atom. The number of aryl methyl sites for hydroxylation is 2. The maximum atomic E-state index is 14.2. The number of thiazole rings is 1. The van der Waals surface area contributed by atoms with Gasteiger partial charge in [0.1, 0.15) is 11.3 Å². The minimum absolute atomic E-state index is 0.0518. The minimum atomic E-state index is -3.75. The Bertz CT molecular complexity index is 1500. The average molecular weight is 539 g/mol. The second kappa shape index (κ2) is 10.00. The number of benzene rings is 2.